The van der Waals surface area contributed by atoms with Crippen LogP contribution in [0.25, 0.3) is 0 Å². The molecule has 1 heterocycles. The summed E-state index contributed by atoms with van der Waals surface area (Å²) in [6.07, 6.45) is 0.515. The first kappa shape index (κ1) is 30.8. The molecular formula is C35H34N4O6. The summed E-state index contributed by atoms with van der Waals surface area (Å²) in [4.78, 5) is 54.0. The summed E-state index contributed by atoms with van der Waals surface area (Å²) in [6.45, 7) is 0.587. The van der Waals surface area contributed by atoms with Crippen LogP contribution in [-0.4, -0.2) is 49.6 Å². The average Bonchev–Trinajstić information content (AvgIpc) is 3.49. The van der Waals surface area contributed by atoms with E-state index in [1.54, 1.807) is 84.7 Å². The molecule has 10 nitrogen and oxygen atoms in total. The van der Waals surface area contributed by atoms with Crippen LogP contribution in [0.15, 0.2) is 97.1 Å². The van der Waals surface area contributed by atoms with E-state index in [-0.39, 0.29) is 24.8 Å². The molecule has 1 atom stereocenters. The lowest BCUT2D eigenvalue weighted by Gasteiger charge is -2.22. The number of carboxylic acid groups (broad SMARTS) is 1. The van der Waals surface area contributed by atoms with Crippen LogP contribution >= 0.6 is 0 Å². The van der Waals surface area contributed by atoms with Gasteiger partial charge in [-0.25, -0.2) is 4.79 Å². The predicted molar refractivity (Wildman–Crippen MR) is 172 cm³/mol. The van der Waals surface area contributed by atoms with Gasteiger partial charge in [-0.05, 0) is 65.6 Å². The SMILES string of the molecule is COc1cc(CC(=O)N(C)c2cccc(C(CC(=O)O)NC(=O)c3ccccc3)c2)ccc1NC(=O)N1CCc2ccccc21. The zero-order valence-electron chi connectivity index (χ0n) is 25.0. The number of likely N-dealkylation sites (N-methyl/N-ethyl adjacent to an activating group) is 1. The highest BCUT2D eigenvalue weighted by molar-refractivity contribution is 6.04. The number of carbonyl (C=O) groups is 4. The van der Waals surface area contributed by atoms with Crippen LogP contribution in [-0.2, 0) is 22.4 Å². The molecule has 0 aromatic heterocycles. The molecule has 4 aromatic rings. The summed E-state index contributed by atoms with van der Waals surface area (Å²) in [6, 6.07) is 27.4. The molecule has 0 bridgehead atoms. The third kappa shape index (κ3) is 7.30. The molecule has 1 unspecified atom stereocenters. The minimum atomic E-state index is -1.07. The second kappa shape index (κ2) is 13.8. The van der Waals surface area contributed by atoms with Gasteiger partial charge < -0.3 is 25.4 Å². The van der Waals surface area contributed by atoms with Crippen molar-refractivity contribution in [2.24, 2.45) is 0 Å². The Balaban J connectivity index is 1.27. The Morgan fingerprint density at radius 2 is 1.69 bits per heavy atom. The molecule has 4 amide bonds. The number of anilines is 3. The zero-order chi connectivity index (χ0) is 31.9. The molecule has 0 radical (unpaired) electrons. The molecule has 1 aliphatic heterocycles. The lowest BCUT2D eigenvalue weighted by atomic mass is 10.0. The number of para-hydroxylation sites is 1. The van der Waals surface area contributed by atoms with Gasteiger partial charge >= 0.3 is 12.0 Å². The van der Waals surface area contributed by atoms with E-state index >= 15 is 0 Å². The lowest BCUT2D eigenvalue weighted by Crippen LogP contribution is -2.33. The molecule has 3 N–H and O–H groups in total. The van der Waals surface area contributed by atoms with Crippen molar-refractivity contribution in [3.8, 4) is 5.75 Å². The second-order valence-corrected chi connectivity index (χ2v) is 10.7. The van der Waals surface area contributed by atoms with Crippen LogP contribution in [0.5, 0.6) is 5.75 Å². The van der Waals surface area contributed by atoms with E-state index in [9.17, 15) is 24.3 Å². The van der Waals surface area contributed by atoms with Gasteiger partial charge in [-0.15, -0.1) is 0 Å². The molecule has 5 rings (SSSR count). The maximum atomic E-state index is 13.3. The first-order valence-electron chi connectivity index (χ1n) is 14.5. The molecule has 1 aliphatic rings. The van der Waals surface area contributed by atoms with E-state index in [0.717, 1.165) is 17.7 Å². The fraction of sp³-hybridized carbons (Fsp3) is 0.200. The number of methoxy groups -OCH3 is 1. The molecule has 230 valence electrons. The van der Waals surface area contributed by atoms with Gasteiger partial charge in [0.2, 0.25) is 5.91 Å². The third-order valence-electron chi connectivity index (χ3n) is 7.75. The number of urea groups is 1. The van der Waals surface area contributed by atoms with E-state index in [1.165, 1.54) is 12.0 Å². The van der Waals surface area contributed by atoms with E-state index < -0.39 is 17.9 Å². The summed E-state index contributed by atoms with van der Waals surface area (Å²) >= 11 is 0. The van der Waals surface area contributed by atoms with Gasteiger partial charge in [0, 0.05) is 30.5 Å². The number of fused-ring (bicyclic) bond motifs is 1. The quantitative estimate of drug-likeness (QED) is 0.221. The van der Waals surface area contributed by atoms with Gasteiger partial charge in [0.15, 0.2) is 0 Å². The van der Waals surface area contributed by atoms with Crippen molar-refractivity contribution in [3.63, 3.8) is 0 Å². The summed E-state index contributed by atoms with van der Waals surface area (Å²) < 4.78 is 5.54. The summed E-state index contributed by atoms with van der Waals surface area (Å²) in [5.41, 5.74) is 4.70. The molecule has 4 aromatic carbocycles. The lowest BCUT2D eigenvalue weighted by molar-refractivity contribution is -0.137. The normalized spacial score (nSPS) is 12.5. The molecule has 0 aliphatic carbocycles. The van der Waals surface area contributed by atoms with E-state index in [2.05, 4.69) is 10.6 Å². The van der Waals surface area contributed by atoms with Gasteiger partial charge in [-0.1, -0.05) is 54.6 Å². The van der Waals surface area contributed by atoms with Crippen molar-refractivity contribution in [2.75, 3.05) is 35.8 Å². The molecular weight excluding hydrogens is 572 g/mol. The average molecular weight is 607 g/mol. The number of ether oxygens (including phenoxy) is 1. The fourth-order valence-corrected chi connectivity index (χ4v) is 5.33. The third-order valence-corrected chi connectivity index (χ3v) is 7.75. The van der Waals surface area contributed by atoms with Gasteiger partial charge in [0.1, 0.15) is 5.75 Å². The monoisotopic (exact) mass is 606 g/mol. The maximum absolute atomic E-state index is 13.3. The topological polar surface area (TPSA) is 128 Å². The van der Waals surface area contributed by atoms with Crippen LogP contribution in [0.2, 0.25) is 0 Å². The number of nitrogens with zero attached hydrogens (tertiary/aromatic N) is 2. The Morgan fingerprint density at radius 3 is 2.44 bits per heavy atom. The Morgan fingerprint density at radius 1 is 0.933 bits per heavy atom. The number of nitrogens with one attached hydrogen (secondary N) is 2. The zero-order valence-corrected chi connectivity index (χ0v) is 25.0. The Kier molecular flexibility index (Phi) is 9.43. The summed E-state index contributed by atoms with van der Waals surface area (Å²) in [5.74, 6) is -1.25. The Hall–Kier alpha value is -5.64. The van der Waals surface area contributed by atoms with E-state index in [4.69, 9.17) is 4.74 Å². The minimum Gasteiger partial charge on any atom is -0.495 e. The van der Waals surface area contributed by atoms with Crippen LogP contribution in [0.1, 0.15) is 39.5 Å². The number of hydrogen-bond donors (Lipinski definition) is 3. The van der Waals surface area contributed by atoms with Crippen molar-refractivity contribution in [3.05, 3.63) is 119 Å². The highest BCUT2D eigenvalue weighted by atomic mass is 16.5. The fourth-order valence-electron chi connectivity index (χ4n) is 5.33. The first-order valence-corrected chi connectivity index (χ1v) is 14.5. The smallest absolute Gasteiger partial charge is 0.326 e. The van der Waals surface area contributed by atoms with E-state index in [1.807, 2.05) is 24.3 Å². The molecule has 0 fully saturated rings. The van der Waals surface area contributed by atoms with Crippen molar-refractivity contribution < 1.29 is 29.0 Å². The second-order valence-electron chi connectivity index (χ2n) is 10.7. The van der Waals surface area contributed by atoms with Crippen LogP contribution < -0.4 is 25.2 Å². The van der Waals surface area contributed by atoms with Gasteiger partial charge in [0.25, 0.3) is 5.91 Å². The summed E-state index contributed by atoms with van der Waals surface area (Å²) in [7, 11) is 3.14. The van der Waals surface area contributed by atoms with Gasteiger partial charge in [0.05, 0.1) is 31.7 Å². The van der Waals surface area contributed by atoms with Crippen LogP contribution in [0.3, 0.4) is 0 Å². The first-order chi connectivity index (χ1) is 21.7. The number of hydrogen-bond acceptors (Lipinski definition) is 5. The highest BCUT2D eigenvalue weighted by Gasteiger charge is 2.25. The van der Waals surface area contributed by atoms with Crippen molar-refractivity contribution in [1.82, 2.24) is 5.32 Å². The van der Waals surface area contributed by atoms with Crippen molar-refractivity contribution >= 4 is 40.9 Å². The number of carboxylic acids is 1. The standard InChI is InChI=1S/C35H34N4O6/c1-38(27-13-8-12-26(21-27)29(22-33(41)42)36-34(43)25-10-4-3-5-11-25)32(40)20-23-15-16-28(31(19-23)45-2)37-35(44)39-18-17-24-9-6-7-14-30(24)39/h3-16,19,21,29H,17-18,20,22H2,1-2H3,(H,36,43)(H,37,44)(H,41,42). The highest BCUT2D eigenvalue weighted by Crippen LogP contribution is 2.31. The number of rotatable bonds is 10. The molecule has 10 heteroatoms. The summed E-state index contributed by atoms with van der Waals surface area (Å²) in [5, 5.41) is 15.2. The van der Waals surface area contributed by atoms with Crippen molar-refractivity contribution in [2.45, 2.75) is 25.3 Å². The van der Waals surface area contributed by atoms with E-state index in [0.29, 0.717) is 40.4 Å². The number of carbonyl (C=O) groups excluding carboxylic acids is 3. The molecule has 0 spiro atoms. The Labute approximate surface area is 261 Å². The molecule has 0 saturated heterocycles. The molecule has 45 heavy (non-hydrogen) atoms. The largest absolute Gasteiger partial charge is 0.495 e. The number of benzene rings is 4. The maximum Gasteiger partial charge on any atom is 0.326 e. The predicted octanol–water partition coefficient (Wildman–Crippen LogP) is 5.44. The van der Waals surface area contributed by atoms with Crippen LogP contribution in [0.4, 0.5) is 21.9 Å². The molecule has 0 saturated carbocycles. The number of amides is 4. The minimum absolute atomic E-state index is 0.0497. The van der Waals surface area contributed by atoms with Crippen molar-refractivity contribution in [1.29, 1.82) is 0 Å². The van der Waals surface area contributed by atoms with Gasteiger partial charge in [-0.3, -0.25) is 19.3 Å². The van der Waals surface area contributed by atoms with Gasteiger partial charge in [-0.2, -0.15) is 0 Å². The Bertz CT molecular complexity index is 1720. The number of aliphatic carboxylic acids is 1. The van der Waals surface area contributed by atoms with Crippen LogP contribution in [0, 0.1) is 0 Å².